The first-order valence-electron chi connectivity index (χ1n) is 10.4. The molecule has 0 saturated carbocycles. The Kier molecular flexibility index (Phi) is 7.11. The van der Waals surface area contributed by atoms with Gasteiger partial charge in [-0.25, -0.2) is 12.8 Å². The second-order valence-electron chi connectivity index (χ2n) is 7.63. The van der Waals surface area contributed by atoms with Crippen molar-refractivity contribution in [2.75, 3.05) is 31.9 Å². The Morgan fingerprint density at radius 3 is 2.45 bits per heavy atom. The summed E-state index contributed by atoms with van der Waals surface area (Å²) in [5.41, 5.74) is 1.12. The summed E-state index contributed by atoms with van der Waals surface area (Å²) in [5.74, 6) is 0.265. The van der Waals surface area contributed by atoms with Crippen molar-refractivity contribution >= 4 is 27.7 Å². The molecule has 1 aliphatic rings. The van der Waals surface area contributed by atoms with Gasteiger partial charge in [0.1, 0.15) is 11.6 Å². The van der Waals surface area contributed by atoms with E-state index in [-0.39, 0.29) is 42.7 Å². The molecule has 4 rings (SSSR count). The van der Waals surface area contributed by atoms with Gasteiger partial charge in [0.15, 0.2) is 5.16 Å². The average molecular weight is 490 g/mol. The van der Waals surface area contributed by atoms with Gasteiger partial charge in [0, 0.05) is 26.2 Å². The van der Waals surface area contributed by atoms with Crippen LogP contribution in [0.15, 0.2) is 64.6 Å². The Morgan fingerprint density at radius 1 is 1.03 bits per heavy atom. The van der Waals surface area contributed by atoms with Crippen LogP contribution in [0.25, 0.3) is 0 Å². The van der Waals surface area contributed by atoms with Crippen LogP contribution in [-0.2, 0) is 21.4 Å². The number of rotatable bonds is 7. The Hall–Kier alpha value is -2.76. The van der Waals surface area contributed by atoms with E-state index >= 15 is 0 Å². The molecule has 11 heteroatoms. The summed E-state index contributed by atoms with van der Waals surface area (Å²) in [4.78, 5) is 14.3. The van der Waals surface area contributed by atoms with Crippen molar-refractivity contribution in [3.05, 3.63) is 71.8 Å². The highest BCUT2D eigenvalue weighted by molar-refractivity contribution is 7.99. The van der Waals surface area contributed by atoms with Crippen molar-refractivity contribution in [3.63, 3.8) is 0 Å². The van der Waals surface area contributed by atoms with Gasteiger partial charge in [0.2, 0.25) is 15.9 Å². The van der Waals surface area contributed by atoms with Gasteiger partial charge in [0.25, 0.3) is 0 Å². The maximum absolute atomic E-state index is 13.5. The van der Waals surface area contributed by atoms with E-state index in [4.69, 9.17) is 0 Å². The number of piperazine rings is 1. The molecule has 1 saturated heterocycles. The van der Waals surface area contributed by atoms with Crippen molar-refractivity contribution in [1.82, 2.24) is 24.0 Å². The van der Waals surface area contributed by atoms with Crippen LogP contribution >= 0.6 is 11.8 Å². The SMILES string of the molecule is Cc1nnc(SCC(=O)N2CCN(S(=O)(=O)c3cccc(F)c3)CC2)n1Cc1ccccc1. The number of sulfonamides is 1. The first kappa shape index (κ1) is 23.4. The molecular formula is C22H24FN5O3S2. The largest absolute Gasteiger partial charge is 0.339 e. The highest BCUT2D eigenvalue weighted by Crippen LogP contribution is 2.21. The van der Waals surface area contributed by atoms with E-state index in [1.54, 1.807) is 4.90 Å². The van der Waals surface area contributed by atoms with E-state index < -0.39 is 15.8 Å². The fraction of sp³-hybridized carbons (Fsp3) is 0.318. The minimum Gasteiger partial charge on any atom is -0.339 e. The fourth-order valence-corrected chi connectivity index (χ4v) is 5.93. The lowest BCUT2D eigenvalue weighted by atomic mass is 10.2. The standard InChI is InChI=1S/C22H24FN5O3S2/c1-17-24-25-22(28(17)15-18-6-3-2-4-7-18)32-16-21(29)26-10-12-27(13-11-26)33(30,31)20-9-5-8-19(23)14-20/h2-9,14H,10-13,15-16H2,1H3. The molecule has 1 aliphatic heterocycles. The average Bonchev–Trinajstić information content (AvgIpc) is 3.17. The molecule has 8 nitrogen and oxygen atoms in total. The van der Waals surface area contributed by atoms with Gasteiger partial charge in [-0.3, -0.25) is 4.79 Å². The Balaban J connectivity index is 1.33. The van der Waals surface area contributed by atoms with Crippen LogP contribution in [0.5, 0.6) is 0 Å². The lowest BCUT2D eigenvalue weighted by Crippen LogP contribution is -2.51. The number of hydrogen-bond donors (Lipinski definition) is 0. The molecule has 1 amide bonds. The summed E-state index contributed by atoms with van der Waals surface area (Å²) >= 11 is 1.32. The number of thioether (sulfide) groups is 1. The van der Waals surface area contributed by atoms with E-state index in [9.17, 15) is 17.6 Å². The smallest absolute Gasteiger partial charge is 0.243 e. The number of aryl methyl sites for hydroxylation is 1. The van der Waals surface area contributed by atoms with Crippen LogP contribution in [-0.4, -0.2) is 70.2 Å². The van der Waals surface area contributed by atoms with Gasteiger partial charge in [-0.2, -0.15) is 4.31 Å². The molecule has 0 atom stereocenters. The predicted molar refractivity (Wildman–Crippen MR) is 123 cm³/mol. The summed E-state index contributed by atoms with van der Waals surface area (Å²) in [7, 11) is -3.79. The minimum atomic E-state index is -3.79. The summed E-state index contributed by atoms with van der Waals surface area (Å²) < 4.78 is 42.2. The third kappa shape index (κ3) is 5.43. The Labute approximate surface area is 196 Å². The maximum atomic E-state index is 13.5. The number of halogens is 1. The number of aromatic nitrogens is 3. The zero-order chi connectivity index (χ0) is 23.4. The molecule has 1 fully saturated rings. The number of carbonyl (C=O) groups excluding carboxylic acids is 1. The molecule has 2 aromatic carbocycles. The van der Waals surface area contributed by atoms with Crippen LogP contribution < -0.4 is 0 Å². The predicted octanol–water partition coefficient (Wildman–Crippen LogP) is 2.40. The second kappa shape index (κ2) is 10.0. The van der Waals surface area contributed by atoms with E-state index in [0.717, 1.165) is 17.5 Å². The fourth-order valence-electron chi connectivity index (χ4n) is 3.59. The highest BCUT2D eigenvalue weighted by atomic mass is 32.2. The number of nitrogens with zero attached hydrogens (tertiary/aromatic N) is 5. The molecule has 0 aliphatic carbocycles. The maximum Gasteiger partial charge on any atom is 0.243 e. The van der Waals surface area contributed by atoms with Gasteiger partial charge >= 0.3 is 0 Å². The monoisotopic (exact) mass is 489 g/mol. The topological polar surface area (TPSA) is 88.4 Å². The van der Waals surface area contributed by atoms with E-state index in [1.807, 2.05) is 41.8 Å². The number of benzene rings is 2. The third-order valence-electron chi connectivity index (χ3n) is 5.44. The van der Waals surface area contributed by atoms with Gasteiger partial charge in [-0.15, -0.1) is 10.2 Å². The van der Waals surface area contributed by atoms with Crippen LogP contribution in [0.4, 0.5) is 4.39 Å². The molecule has 2 heterocycles. The Morgan fingerprint density at radius 2 is 1.76 bits per heavy atom. The van der Waals surface area contributed by atoms with E-state index in [2.05, 4.69) is 10.2 Å². The van der Waals surface area contributed by atoms with Crippen molar-refractivity contribution < 1.29 is 17.6 Å². The third-order valence-corrected chi connectivity index (χ3v) is 8.28. The molecule has 33 heavy (non-hydrogen) atoms. The molecule has 0 radical (unpaired) electrons. The van der Waals surface area contributed by atoms with Gasteiger partial charge in [-0.1, -0.05) is 48.2 Å². The number of hydrogen-bond acceptors (Lipinski definition) is 6. The van der Waals surface area contributed by atoms with Gasteiger partial charge in [-0.05, 0) is 30.7 Å². The number of carbonyl (C=O) groups is 1. The molecule has 0 bridgehead atoms. The first-order chi connectivity index (χ1) is 15.8. The highest BCUT2D eigenvalue weighted by Gasteiger charge is 2.30. The second-order valence-corrected chi connectivity index (χ2v) is 10.5. The van der Waals surface area contributed by atoms with Gasteiger partial charge in [0.05, 0.1) is 17.2 Å². The molecule has 1 aromatic heterocycles. The van der Waals surface area contributed by atoms with Crippen LogP contribution in [0.3, 0.4) is 0 Å². The first-order valence-corrected chi connectivity index (χ1v) is 12.9. The van der Waals surface area contributed by atoms with Crippen molar-refractivity contribution in [3.8, 4) is 0 Å². The molecule has 3 aromatic rings. The summed E-state index contributed by atoms with van der Waals surface area (Å²) in [6.07, 6.45) is 0. The normalized spacial score (nSPS) is 15.0. The number of amides is 1. The lowest BCUT2D eigenvalue weighted by Gasteiger charge is -2.34. The minimum absolute atomic E-state index is 0.0778. The molecule has 0 spiro atoms. The summed E-state index contributed by atoms with van der Waals surface area (Å²) in [6.45, 7) is 3.39. The Bertz CT molecular complexity index is 1230. The molecule has 174 valence electrons. The molecule has 0 N–H and O–H groups in total. The zero-order valence-electron chi connectivity index (χ0n) is 18.1. The quantitative estimate of drug-likeness (QED) is 0.474. The zero-order valence-corrected chi connectivity index (χ0v) is 19.7. The van der Waals surface area contributed by atoms with Crippen molar-refractivity contribution in [1.29, 1.82) is 0 Å². The molecular weight excluding hydrogens is 465 g/mol. The van der Waals surface area contributed by atoms with Crippen LogP contribution in [0.2, 0.25) is 0 Å². The van der Waals surface area contributed by atoms with E-state index in [0.29, 0.717) is 11.7 Å². The van der Waals surface area contributed by atoms with Crippen LogP contribution in [0, 0.1) is 12.7 Å². The van der Waals surface area contributed by atoms with Crippen molar-refractivity contribution in [2.45, 2.75) is 23.5 Å². The van der Waals surface area contributed by atoms with Gasteiger partial charge < -0.3 is 9.47 Å². The van der Waals surface area contributed by atoms with Crippen LogP contribution in [0.1, 0.15) is 11.4 Å². The summed E-state index contributed by atoms with van der Waals surface area (Å²) in [5, 5.41) is 9.01. The lowest BCUT2D eigenvalue weighted by molar-refractivity contribution is -0.129. The summed E-state index contributed by atoms with van der Waals surface area (Å²) in [6, 6.07) is 14.9. The van der Waals surface area contributed by atoms with Crippen molar-refractivity contribution in [2.24, 2.45) is 0 Å². The van der Waals surface area contributed by atoms with E-state index in [1.165, 1.54) is 34.3 Å². The molecule has 0 unspecified atom stereocenters.